The number of aliphatic hydroxyl groups excluding tert-OH is 1. The Hall–Kier alpha value is -2.32. The number of aliphatic hydroxyl groups is 1. The number of ether oxygens (including phenoxy) is 2. The van der Waals surface area contributed by atoms with E-state index in [2.05, 4.69) is 27.2 Å². The molecule has 2 atom stereocenters. The molecule has 0 unspecified atom stereocenters. The first kappa shape index (κ1) is 24.4. The smallest absolute Gasteiger partial charge is 0.226 e. The molecule has 2 saturated heterocycles. The molecule has 0 radical (unpaired) electrons. The summed E-state index contributed by atoms with van der Waals surface area (Å²) in [5.41, 5.74) is 1.98. The molecular formula is C27H34ClN3O4. The average molecular weight is 500 g/mol. The molecule has 3 heterocycles. The van der Waals surface area contributed by atoms with Crippen LogP contribution in [0.2, 0.25) is 5.02 Å². The summed E-state index contributed by atoms with van der Waals surface area (Å²) in [4.78, 5) is 17.7. The van der Waals surface area contributed by atoms with Gasteiger partial charge in [0.05, 0.1) is 12.0 Å². The van der Waals surface area contributed by atoms with E-state index in [1.54, 1.807) is 0 Å². The lowest BCUT2D eigenvalue weighted by Crippen LogP contribution is -2.57. The Morgan fingerprint density at radius 2 is 1.74 bits per heavy atom. The Balaban J connectivity index is 1.17. The van der Waals surface area contributed by atoms with E-state index in [1.165, 1.54) is 5.56 Å². The molecule has 2 aromatic carbocycles. The number of carbonyl (C=O) groups is 1. The minimum atomic E-state index is -0.823. The second-order valence-corrected chi connectivity index (χ2v) is 10.2. The van der Waals surface area contributed by atoms with Gasteiger partial charge in [-0.1, -0.05) is 29.8 Å². The van der Waals surface area contributed by atoms with Crippen molar-refractivity contribution in [3.8, 4) is 11.5 Å². The molecule has 2 aromatic rings. The van der Waals surface area contributed by atoms with E-state index in [0.717, 1.165) is 62.6 Å². The van der Waals surface area contributed by atoms with Crippen LogP contribution < -0.4 is 14.8 Å². The maximum absolute atomic E-state index is 13.1. The number of fused-ring (bicyclic) bond motifs is 1. The van der Waals surface area contributed by atoms with Crippen molar-refractivity contribution in [1.82, 2.24) is 15.1 Å². The molecule has 35 heavy (non-hydrogen) atoms. The second-order valence-electron chi connectivity index (χ2n) is 9.80. The number of likely N-dealkylation sites (tertiary alicyclic amines) is 2. The third-order valence-electron chi connectivity index (χ3n) is 7.23. The van der Waals surface area contributed by atoms with Crippen LogP contribution in [0, 0.1) is 5.92 Å². The fourth-order valence-electron chi connectivity index (χ4n) is 5.10. The number of nitrogens with one attached hydrogen (secondary N) is 1. The number of hydrogen-bond acceptors (Lipinski definition) is 6. The summed E-state index contributed by atoms with van der Waals surface area (Å²) in [6, 6.07) is 13.1. The topological polar surface area (TPSA) is 74.3 Å². The Bertz CT molecular complexity index is 1010. The van der Waals surface area contributed by atoms with E-state index in [-0.39, 0.29) is 17.9 Å². The Morgan fingerprint density at radius 3 is 2.49 bits per heavy atom. The van der Waals surface area contributed by atoms with Crippen LogP contribution in [0.1, 0.15) is 30.1 Å². The van der Waals surface area contributed by atoms with Gasteiger partial charge in [0.2, 0.25) is 5.91 Å². The van der Waals surface area contributed by atoms with Gasteiger partial charge in [-0.05, 0) is 67.7 Å². The summed E-state index contributed by atoms with van der Waals surface area (Å²) in [7, 11) is 0. The molecule has 8 heteroatoms. The first-order chi connectivity index (χ1) is 17.0. The number of halogens is 1. The predicted molar refractivity (Wildman–Crippen MR) is 135 cm³/mol. The lowest BCUT2D eigenvalue weighted by molar-refractivity contribution is -0.132. The van der Waals surface area contributed by atoms with Crippen LogP contribution in [0.4, 0.5) is 0 Å². The van der Waals surface area contributed by atoms with Crippen molar-refractivity contribution in [2.75, 3.05) is 52.5 Å². The summed E-state index contributed by atoms with van der Waals surface area (Å²) < 4.78 is 11.3. The highest BCUT2D eigenvalue weighted by Crippen LogP contribution is 2.33. The lowest BCUT2D eigenvalue weighted by atomic mass is 9.96. The molecule has 0 spiro atoms. The molecule has 1 amide bonds. The highest BCUT2D eigenvalue weighted by Gasteiger charge is 2.35. The third kappa shape index (κ3) is 6.09. The van der Waals surface area contributed by atoms with Crippen LogP contribution in [-0.4, -0.2) is 79.3 Å². The van der Waals surface area contributed by atoms with Crippen LogP contribution in [0.15, 0.2) is 42.5 Å². The first-order valence-corrected chi connectivity index (χ1v) is 13.0. The normalized spacial score (nSPS) is 20.3. The highest BCUT2D eigenvalue weighted by atomic mass is 35.5. The summed E-state index contributed by atoms with van der Waals surface area (Å²) in [5, 5.41) is 15.2. The zero-order valence-electron chi connectivity index (χ0n) is 20.0. The van der Waals surface area contributed by atoms with Gasteiger partial charge in [0.25, 0.3) is 0 Å². The van der Waals surface area contributed by atoms with Crippen molar-refractivity contribution >= 4 is 17.5 Å². The quantitative estimate of drug-likeness (QED) is 0.552. The van der Waals surface area contributed by atoms with Crippen molar-refractivity contribution < 1.29 is 19.4 Å². The van der Waals surface area contributed by atoms with Gasteiger partial charge in [-0.15, -0.1) is 0 Å². The van der Waals surface area contributed by atoms with E-state index in [0.29, 0.717) is 31.3 Å². The molecular weight excluding hydrogens is 466 g/mol. The van der Waals surface area contributed by atoms with Crippen LogP contribution in [0.5, 0.6) is 11.5 Å². The minimum Gasteiger partial charge on any atom is -0.486 e. The van der Waals surface area contributed by atoms with Crippen molar-refractivity contribution in [2.24, 2.45) is 5.92 Å². The number of hydrogen-bond donors (Lipinski definition) is 2. The van der Waals surface area contributed by atoms with Gasteiger partial charge in [-0.2, -0.15) is 0 Å². The van der Waals surface area contributed by atoms with Gasteiger partial charge in [0.15, 0.2) is 11.5 Å². The van der Waals surface area contributed by atoms with Gasteiger partial charge >= 0.3 is 0 Å². The zero-order chi connectivity index (χ0) is 24.2. The van der Waals surface area contributed by atoms with Crippen LogP contribution in [0.3, 0.4) is 0 Å². The maximum atomic E-state index is 13.1. The molecule has 2 N–H and O–H groups in total. The van der Waals surface area contributed by atoms with Crippen LogP contribution >= 0.6 is 11.6 Å². The van der Waals surface area contributed by atoms with Crippen molar-refractivity contribution in [2.45, 2.75) is 31.4 Å². The zero-order valence-corrected chi connectivity index (χ0v) is 20.8. The highest BCUT2D eigenvalue weighted by molar-refractivity contribution is 6.30. The summed E-state index contributed by atoms with van der Waals surface area (Å²) in [6.07, 6.45) is 2.43. The van der Waals surface area contributed by atoms with E-state index < -0.39 is 6.10 Å². The Morgan fingerprint density at radius 1 is 1.03 bits per heavy atom. The second kappa shape index (κ2) is 11.2. The molecule has 5 rings (SSSR count). The van der Waals surface area contributed by atoms with E-state index in [1.807, 2.05) is 30.3 Å². The predicted octanol–water partition coefficient (Wildman–Crippen LogP) is 2.90. The fourth-order valence-corrected chi connectivity index (χ4v) is 5.23. The Kier molecular flexibility index (Phi) is 7.78. The van der Waals surface area contributed by atoms with Crippen LogP contribution in [-0.2, 0) is 11.2 Å². The molecule has 0 aromatic heterocycles. The molecule has 0 saturated carbocycles. The van der Waals surface area contributed by atoms with Gasteiger partial charge in [-0.25, -0.2) is 0 Å². The van der Waals surface area contributed by atoms with E-state index >= 15 is 0 Å². The first-order valence-electron chi connectivity index (χ1n) is 12.6. The largest absolute Gasteiger partial charge is 0.486 e. The summed E-state index contributed by atoms with van der Waals surface area (Å²) in [6.45, 7) is 6.07. The van der Waals surface area contributed by atoms with Gasteiger partial charge < -0.3 is 29.7 Å². The van der Waals surface area contributed by atoms with Gasteiger partial charge in [0, 0.05) is 31.2 Å². The van der Waals surface area contributed by atoms with Crippen molar-refractivity contribution in [3.05, 3.63) is 58.6 Å². The van der Waals surface area contributed by atoms with Crippen molar-refractivity contribution in [1.29, 1.82) is 0 Å². The number of rotatable bonds is 9. The molecule has 2 fully saturated rings. The SMILES string of the molecule is O=C(N[C@H](CN1CCCC1)[C@H](O)c1ccc2c(c1)OCCO2)C1CN(CCc2ccc(Cl)cc2)C1. The monoisotopic (exact) mass is 499 g/mol. The molecule has 3 aliphatic rings. The number of amides is 1. The number of carbonyl (C=O) groups excluding carboxylic acids is 1. The molecule has 188 valence electrons. The molecule has 0 aliphatic carbocycles. The Labute approximate surface area is 212 Å². The average Bonchev–Trinajstić information content (AvgIpc) is 3.36. The number of nitrogens with zero attached hydrogens (tertiary/aromatic N) is 2. The van der Waals surface area contributed by atoms with Gasteiger partial charge in [-0.3, -0.25) is 4.79 Å². The number of benzene rings is 2. The summed E-state index contributed by atoms with van der Waals surface area (Å²) in [5.74, 6) is 1.32. The maximum Gasteiger partial charge on any atom is 0.226 e. The van der Waals surface area contributed by atoms with E-state index in [9.17, 15) is 9.90 Å². The van der Waals surface area contributed by atoms with Crippen molar-refractivity contribution in [3.63, 3.8) is 0 Å². The van der Waals surface area contributed by atoms with E-state index in [4.69, 9.17) is 21.1 Å². The lowest BCUT2D eigenvalue weighted by Gasteiger charge is -2.39. The third-order valence-corrected chi connectivity index (χ3v) is 7.48. The molecule has 0 bridgehead atoms. The molecule has 7 nitrogen and oxygen atoms in total. The standard InChI is InChI=1S/C27H34ClN3O4/c28-22-6-3-19(4-7-22)9-12-31-16-21(17-31)27(33)29-23(18-30-10-1-2-11-30)26(32)20-5-8-24-25(15-20)35-14-13-34-24/h3-8,15,21,23,26,32H,1-2,9-14,16-18H2,(H,29,33)/t23-,26-/m1/s1. The molecule has 3 aliphatic heterocycles. The minimum absolute atomic E-state index is 0.0218. The summed E-state index contributed by atoms with van der Waals surface area (Å²) >= 11 is 5.97. The van der Waals surface area contributed by atoms with Gasteiger partial charge in [0.1, 0.15) is 19.3 Å². The fraction of sp³-hybridized carbons (Fsp3) is 0.519. The van der Waals surface area contributed by atoms with Crippen LogP contribution in [0.25, 0.3) is 0 Å².